The molecule has 2 aliphatic heterocycles. The number of aromatic nitrogens is 2. The average Bonchev–Trinajstić information content (AvgIpc) is 3.29. The van der Waals surface area contributed by atoms with Gasteiger partial charge in [-0.2, -0.15) is 0 Å². The lowest BCUT2D eigenvalue weighted by Crippen LogP contribution is -2.49. The zero-order valence-corrected chi connectivity index (χ0v) is 19.3. The highest BCUT2D eigenvalue weighted by Crippen LogP contribution is 2.34. The van der Waals surface area contributed by atoms with Gasteiger partial charge in [0.1, 0.15) is 11.9 Å². The summed E-state index contributed by atoms with van der Waals surface area (Å²) in [6, 6.07) is 6.55. The van der Waals surface area contributed by atoms with Crippen molar-refractivity contribution < 1.29 is 9.18 Å². The van der Waals surface area contributed by atoms with Crippen molar-refractivity contribution in [2.75, 3.05) is 32.1 Å². The second kappa shape index (κ2) is 9.50. The molecular formula is C24H33FN6O. The molecule has 2 aromatic rings. The van der Waals surface area contributed by atoms with E-state index in [1.54, 1.807) is 12.1 Å². The number of likely N-dealkylation sites (tertiary alicyclic amines) is 1. The summed E-state index contributed by atoms with van der Waals surface area (Å²) < 4.78 is 13.5. The molecule has 2 N–H and O–H groups in total. The molecule has 1 aromatic heterocycles. The number of hydrazine groups is 1. The van der Waals surface area contributed by atoms with Crippen LogP contribution >= 0.6 is 0 Å². The van der Waals surface area contributed by atoms with E-state index in [0.29, 0.717) is 24.5 Å². The van der Waals surface area contributed by atoms with Crippen LogP contribution in [0.25, 0.3) is 11.1 Å². The van der Waals surface area contributed by atoms with Crippen LogP contribution in [0.1, 0.15) is 44.7 Å². The lowest BCUT2D eigenvalue weighted by molar-refractivity contribution is -0.134. The molecule has 0 saturated carbocycles. The molecule has 3 atom stereocenters. The van der Waals surface area contributed by atoms with Gasteiger partial charge in [0, 0.05) is 50.9 Å². The Morgan fingerprint density at radius 2 is 1.97 bits per heavy atom. The molecule has 7 nitrogen and oxygen atoms in total. The predicted molar refractivity (Wildman–Crippen MR) is 124 cm³/mol. The van der Waals surface area contributed by atoms with E-state index >= 15 is 0 Å². The maximum absolute atomic E-state index is 13.5. The fraction of sp³-hybridized carbons (Fsp3) is 0.542. The zero-order valence-electron chi connectivity index (χ0n) is 19.3. The molecule has 0 spiro atoms. The van der Waals surface area contributed by atoms with Crippen LogP contribution in [0.3, 0.4) is 0 Å². The minimum Gasteiger partial charge on any atom is -0.347 e. The number of carbonyl (C=O) groups is 1. The van der Waals surface area contributed by atoms with Crippen LogP contribution in [0.2, 0.25) is 0 Å². The first-order valence-corrected chi connectivity index (χ1v) is 11.4. The molecule has 1 amide bonds. The third kappa shape index (κ3) is 4.76. The number of hydrogen-bond acceptors (Lipinski definition) is 6. The first kappa shape index (κ1) is 22.6. The maximum Gasteiger partial charge on any atom is 0.241 e. The molecule has 0 aliphatic carbocycles. The first-order valence-electron chi connectivity index (χ1n) is 11.4. The number of nitrogens with zero attached hydrogens (tertiary/aromatic N) is 4. The summed E-state index contributed by atoms with van der Waals surface area (Å²) in [7, 11) is 3.83. The normalized spacial score (nSPS) is 23.6. The van der Waals surface area contributed by atoms with E-state index in [4.69, 9.17) is 4.98 Å². The summed E-state index contributed by atoms with van der Waals surface area (Å²) in [5.41, 5.74) is 9.17. The SMILES string of the molecule is CC(C)C1CC(C(=O)N2CCCC(c3nc(N(C)C)ncc3-c3ccc(F)cc3)C2)NN1. The third-order valence-corrected chi connectivity index (χ3v) is 6.52. The fourth-order valence-corrected chi connectivity index (χ4v) is 4.57. The van der Waals surface area contributed by atoms with Gasteiger partial charge in [0.15, 0.2) is 0 Å². The van der Waals surface area contributed by atoms with Gasteiger partial charge in [-0.05, 0) is 42.9 Å². The summed E-state index contributed by atoms with van der Waals surface area (Å²) in [5, 5.41) is 0. The van der Waals surface area contributed by atoms with Crippen molar-refractivity contribution in [3.05, 3.63) is 42.0 Å². The summed E-state index contributed by atoms with van der Waals surface area (Å²) in [6.07, 6.45) is 4.50. The Labute approximate surface area is 189 Å². The first-order chi connectivity index (χ1) is 15.3. The highest BCUT2D eigenvalue weighted by molar-refractivity contribution is 5.82. The van der Waals surface area contributed by atoms with Gasteiger partial charge in [-0.15, -0.1) is 0 Å². The molecule has 3 heterocycles. The van der Waals surface area contributed by atoms with Gasteiger partial charge in [-0.3, -0.25) is 10.2 Å². The van der Waals surface area contributed by atoms with Crippen LogP contribution < -0.4 is 15.8 Å². The van der Waals surface area contributed by atoms with E-state index in [2.05, 4.69) is 29.7 Å². The molecule has 0 radical (unpaired) electrons. The summed E-state index contributed by atoms with van der Waals surface area (Å²) >= 11 is 0. The zero-order chi connectivity index (χ0) is 22.8. The monoisotopic (exact) mass is 440 g/mol. The lowest BCUT2D eigenvalue weighted by atomic mass is 9.89. The van der Waals surface area contributed by atoms with Crippen molar-refractivity contribution in [2.24, 2.45) is 5.92 Å². The van der Waals surface area contributed by atoms with Crippen LogP contribution in [-0.2, 0) is 4.79 Å². The van der Waals surface area contributed by atoms with Gasteiger partial charge in [-0.1, -0.05) is 26.0 Å². The average molecular weight is 441 g/mol. The number of anilines is 1. The standard InChI is InChI=1S/C24H33FN6O/c1-15(2)20-12-21(29-28-20)23(32)31-11-5-6-17(14-31)22-19(13-26-24(27-22)30(3)4)16-7-9-18(25)10-8-16/h7-10,13,15,17,20-21,28-29H,5-6,11-12,14H2,1-4H3. The lowest BCUT2D eigenvalue weighted by Gasteiger charge is -2.35. The highest BCUT2D eigenvalue weighted by Gasteiger charge is 2.36. The minimum atomic E-state index is -0.270. The Morgan fingerprint density at radius 1 is 1.22 bits per heavy atom. The Kier molecular flexibility index (Phi) is 6.71. The second-order valence-corrected chi connectivity index (χ2v) is 9.42. The van der Waals surface area contributed by atoms with Gasteiger partial charge in [-0.25, -0.2) is 19.8 Å². The number of hydrogen-bond donors (Lipinski definition) is 2. The molecule has 2 aliphatic rings. The van der Waals surface area contributed by atoms with Crippen molar-refractivity contribution in [1.82, 2.24) is 25.7 Å². The fourth-order valence-electron chi connectivity index (χ4n) is 4.57. The topological polar surface area (TPSA) is 73.4 Å². The number of piperidine rings is 1. The Bertz CT molecular complexity index is 948. The summed E-state index contributed by atoms with van der Waals surface area (Å²) in [6.45, 7) is 5.72. The maximum atomic E-state index is 13.5. The van der Waals surface area contributed by atoms with Crippen molar-refractivity contribution in [2.45, 2.75) is 51.1 Å². The van der Waals surface area contributed by atoms with Crippen LogP contribution in [0.4, 0.5) is 10.3 Å². The van der Waals surface area contributed by atoms with E-state index in [0.717, 1.165) is 42.6 Å². The Morgan fingerprint density at radius 3 is 2.62 bits per heavy atom. The van der Waals surface area contributed by atoms with Crippen molar-refractivity contribution in [3.8, 4) is 11.1 Å². The summed E-state index contributed by atoms with van der Waals surface area (Å²) in [4.78, 5) is 26.5. The van der Waals surface area contributed by atoms with Crippen molar-refractivity contribution in [1.29, 1.82) is 0 Å². The molecule has 2 fully saturated rings. The Balaban J connectivity index is 1.59. The number of amides is 1. The molecule has 4 rings (SSSR count). The number of carbonyl (C=O) groups excluding carboxylic acids is 1. The van der Waals surface area contributed by atoms with E-state index < -0.39 is 0 Å². The van der Waals surface area contributed by atoms with Gasteiger partial charge in [0.25, 0.3) is 0 Å². The van der Waals surface area contributed by atoms with E-state index in [1.165, 1.54) is 12.1 Å². The van der Waals surface area contributed by atoms with Gasteiger partial charge in [0.2, 0.25) is 11.9 Å². The van der Waals surface area contributed by atoms with E-state index in [1.807, 2.05) is 30.1 Å². The van der Waals surface area contributed by atoms with E-state index in [9.17, 15) is 9.18 Å². The van der Waals surface area contributed by atoms with Crippen molar-refractivity contribution in [3.63, 3.8) is 0 Å². The van der Waals surface area contributed by atoms with Crippen LogP contribution in [0.15, 0.2) is 30.5 Å². The van der Waals surface area contributed by atoms with E-state index in [-0.39, 0.29) is 23.7 Å². The van der Waals surface area contributed by atoms with Crippen LogP contribution in [0, 0.1) is 11.7 Å². The number of benzene rings is 1. The summed E-state index contributed by atoms with van der Waals surface area (Å²) in [5.74, 6) is 1.09. The number of nitrogens with one attached hydrogen (secondary N) is 2. The molecule has 8 heteroatoms. The molecule has 2 saturated heterocycles. The molecule has 3 unspecified atom stereocenters. The number of halogens is 1. The second-order valence-electron chi connectivity index (χ2n) is 9.42. The van der Waals surface area contributed by atoms with Crippen LogP contribution in [0.5, 0.6) is 0 Å². The van der Waals surface area contributed by atoms with Gasteiger partial charge < -0.3 is 9.80 Å². The molecule has 32 heavy (non-hydrogen) atoms. The van der Waals surface area contributed by atoms with Gasteiger partial charge in [0.05, 0.1) is 5.69 Å². The highest BCUT2D eigenvalue weighted by atomic mass is 19.1. The smallest absolute Gasteiger partial charge is 0.241 e. The molecule has 172 valence electrons. The largest absolute Gasteiger partial charge is 0.347 e. The van der Waals surface area contributed by atoms with Crippen molar-refractivity contribution >= 4 is 11.9 Å². The quantitative estimate of drug-likeness (QED) is 0.745. The van der Waals surface area contributed by atoms with Crippen LogP contribution in [-0.4, -0.2) is 60.0 Å². The molecule has 0 bridgehead atoms. The Hall–Kier alpha value is -2.58. The minimum absolute atomic E-state index is 0.102. The predicted octanol–water partition coefficient (Wildman–Crippen LogP) is 2.95. The number of rotatable bonds is 5. The van der Waals surface area contributed by atoms with Gasteiger partial charge >= 0.3 is 0 Å². The molecule has 1 aromatic carbocycles. The third-order valence-electron chi connectivity index (χ3n) is 6.52. The molecular weight excluding hydrogens is 407 g/mol.